The van der Waals surface area contributed by atoms with E-state index < -0.39 is 0 Å². The maximum absolute atomic E-state index is 12.5. The maximum Gasteiger partial charge on any atom is 0.262 e. The van der Waals surface area contributed by atoms with Gasteiger partial charge in [0.1, 0.15) is 10.7 Å². The summed E-state index contributed by atoms with van der Waals surface area (Å²) in [4.78, 5) is 34.8. The lowest BCUT2D eigenvalue weighted by Gasteiger charge is -2.22. The Morgan fingerprint density at radius 2 is 1.84 bits per heavy atom. The minimum absolute atomic E-state index is 0.00665. The van der Waals surface area contributed by atoms with Crippen molar-refractivity contribution in [2.45, 2.75) is 58.9 Å². The van der Waals surface area contributed by atoms with Gasteiger partial charge in [-0.1, -0.05) is 19.3 Å². The molecular formula is C18H24N4O2S. The van der Waals surface area contributed by atoms with Gasteiger partial charge in [0.05, 0.1) is 11.4 Å². The van der Waals surface area contributed by atoms with Crippen LogP contribution in [0.1, 0.15) is 58.9 Å². The molecule has 134 valence electrons. The Morgan fingerprint density at radius 1 is 1.12 bits per heavy atom. The number of carbonyl (C=O) groups is 2. The van der Waals surface area contributed by atoms with Gasteiger partial charge in [-0.25, -0.2) is 9.97 Å². The summed E-state index contributed by atoms with van der Waals surface area (Å²) < 4.78 is 0. The van der Waals surface area contributed by atoms with Crippen LogP contribution < -0.4 is 10.6 Å². The summed E-state index contributed by atoms with van der Waals surface area (Å²) in [6.07, 6.45) is 5.64. The number of nitrogens with zero attached hydrogens (tertiary/aromatic N) is 2. The van der Waals surface area contributed by atoms with Crippen LogP contribution in [0.3, 0.4) is 0 Å². The number of amides is 2. The predicted octanol–water partition coefficient (Wildman–Crippen LogP) is 2.80. The van der Waals surface area contributed by atoms with E-state index in [0.717, 1.165) is 47.2 Å². The van der Waals surface area contributed by atoms with Gasteiger partial charge in [-0.05, 0) is 39.2 Å². The fourth-order valence-corrected chi connectivity index (χ4v) is 4.65. The second-order valence-corrected chi connectivity index (χ2v) is 7.68. The molecule has 0 unspecified atom stereocenters. The fraction of sp³-hybridized carbons (Fsp3) is 0.556. The Morgan fingerprint density at radius 3 is 2.56 bits per heavy atom. The molecule has 6 nitrogen and oxygen atoms in total. The molecule has 1 saturated carbocycles. The van der Waals surface area contributed by atoms with Crippen molar-refractivity contribution >= 4 is 33.4 Å². The van der Waals surface area contributed by atoms with Crippen molar-refractivity contribution in [3.8, 4) is 0 Å². The second kappa shape index (κ2) is 7.47. The first-order valence-corrected chi connectivity index (χ1v) is 9.59. The summed E-state index contributed by atoms with van der Waals surface area (Å²) in [6, 6.07) is 0.255. The average Bonchev–Trinajstić information content (AvgIpc) is 2.90. The monoisotopic (exact) mass is 360 g/mol. The van der Waals surface area contributed by atoms with Crippen LogP contribution in [0.4, 0.5) is 0 Å². The van der Waals surface area contributed by atoms with Crippen molar-refractivity contribution in [3.63, 3.8) is 0 Å². The molecule has 0 atom stereocenters. The highest BCUT2D eigenvalue weighted by Crippen LogP contribution is 2.31. The number of aryl methyl sites for hydroxylation is 3. The molecule has 0 spiro atoms. The molecule has 0 radical (unpaired) electrons. The van der Waals surface area contributed by atoms with Gasteiger partial charge in [-0.15, -0.1) is 11.3 Å². The maximum atomic E-state index is 12.5. The van der Waals surface area contributed by atoms with E-state index in [9.17, 15) is 9.59 Å². The molecule has 2 aromatic rings. The molecule has 25 heavy (non-hydrogen) atoms. The molecule has 0 bridgehead atoms. The van der Waals surface area contributed by atoms with Crippen LogP contribution in [-0.4, -0.2) is 34.4 Å². The van der Waals surface area contributed by atoms with Crippen molar-refractivity contribution < 1.29 is 9.59 Å². The van der Waals surface area contributed by atoms with Crippen molar-refractivity contribution in [2.24, 2.45) is 0 Å². The molecular weight excluding hydrogens is 336 g/mol. The first kappa shape index (κ1) is 17.8. The topological polar surface area (TPSA) is 84.0 Å². The summed E-state index contributed by atoms with van der Waals surface area (Å²) in [7, 11) is 0. The second-order valence-electron chi connectivity index (χ2n) is 6.68. The van der Waals surface area contributed by atoms with Crippen LogP contribution in [-0.2, 0) is 4.79 Å². The molecule has 1 aliphatic rings. The highest BCUT2D eigenvalue weighted by Gasteiger charge is 2.20. The Hall–Kier alpha value is -2.02. The molecule has 1 aliphatic carbocycles. The Bertz CT molecular complexity index is 809. The van der Waals surface area contributed by atoms with Crippen LogP contribution in [0.5, 0.6) is 0 Å². The predicted molar refractivity (Wildman–Crippen MR) is 99.0 cm³/mol. The zero-order chi connectivity index (χ0) is 18.0. The Balaban J connectivity index is 1.65. The smallest absolute Gasteiger partial charge is 0.262 e. The molecule has 2 amide bonds. The molecule has 0 aliphatic heterocycles. The average molecular weight is 360 g/mol. The van der Waals surface area contributed by atoms with E-state index in [1.54, 1.807) is 0 Å². The molecule has 2 heterocycles. The third-order valence-corrected chi connectivity index (χ3v) is 5.85. The number of nitrogens with one attached hydrogen (secondary N) is 2. The van der Waals surface area contributed by atoms with E-state index in [-0.39, 0.29) is 24.4 Å². The third-order valence-electron chi connectivity index (χ3n) is 4.67. The zero-order valence-corrected chi connectivity index (χ0v) is 15.8. The summed E-state index contributed by atoms with van der Waals surface area (Å²) in [5.41, 5.74) is 1.76. The number of hydrogen-bond acceptors (Lipinski definition) is 5. The van der Waals surface area contributed by atoms with Crippen LogP contribution in [0.2, 0.25) is 0 Å². The lowest BCUT2D eigenvalue weighted by molar-refractivity contribution is -0.121. The molecule has 7 heteroatoms. The van der Waals surface area contributed by atoms with Gasteiger partial charge >= 0.3 is 0 Å². The van der Waals surface area contributed by atoms with E-state index in [0.29, 0.717) is 10.7 Å². The SMILES string of the molecule is Cc1nc(C)c2c(C)c(C(=O)NCC(=O)NC3CCCCC3)sc2n1. The molecule has 2 aromatic heterocycles. The van der Waals surface area contributed by atoms with Gasteiger partial charge in [0.25, 0.3) is 5.91 Å². The van der Waals surface area contributed by atoms with E-state index in [2.05, 4.69) is 20.6 Å². The first-order chi connectivity index (χ1) is 12.0. The van der Waals surface area contributed by atoms with Gasteiger partial charge in [0, 0.05) is 17.1 Å². The third kappa shape index (κ3) is 3.98. The highest BCUT2D eigenvalue weighted by molar-refractivity contribution is 7.20. The van der Waals surface area contributed by atoms with Gasteiger partial charge in [-0.3, -0.25) is 9.59 Å². The number of thiophene rings is 1. The summed E-state index contributed by atoms with van der Waals surface area (Å²) >= 11 is 1.35. The summed E-state index contributed by atoms with van der Waals surface area (Å²) in [5, 5.41) is 6.68. The largest absolute Gasteiger partial charge is 0.352 e. The minimum atomic E-state index is -0.226. The molecule has 0 saturated heterocycles. The summed E-state index contributed by atoms with van der Waals surface area (Å²) in [6.45, 7) is 5.68. The minimum Gasteiger partial charge on any atom is -0.352 e. The van der Waals surface area contributed by atoms with E-state index >= 15 is 0 Å². The molecule has 0 aromatic carbocycles. The lowest BCUT2D eigenvalue weighted by Crippen LogP contribution is -2.42. The number of hydrogen-bond donors (Lipinski definition) is 2. The highest BCUT2D eigenvalue weighted by atomic mass is 32.1. The lowest BCUT2D eigenvalue weighted by atomic mass is 9.95. The molecule has 2 N–H and O–H groups in total. The van der Waals surface area contributed by atoms with E-state index in [1.165, 1.54) is 17.8 Å². The number of rotatable bonds is 4. The Labute approximate surface area is 151 Å². The van der Waals surface area contributed by atoms with Gasteiger partial charge in [0.2, 0.25) is 5.91 Å². The summed E-state index contributed by atoms with van der Waals surface area (Å²) in [5.74, 6) is 0.354. The van der Waals surface area contributed by atoms with Crippen molar-refractivity contribution in [1.29, 1.82) is 0 Å². The standard InChI is InChI=1S/C18H24N4O2S/c1-10-15-11(2)20-12(3)21-18(15)25-16(10)17(24)19-9-14(23)22-13-7-5-4-6-8-13/h13H,4-9H2,1-3H3,(H,19,24)(H,22,23). The van der Waals surface area contributed by atoms with Crippen molar-refractivity contribution in [2.75, 3.05) is 6.54 Å². The van der Waals surface area contributed by atoms with Gasteiger partial charge in [-0.2, -0.15) is 0 Å². The fourth-order valence-electron chi connectivity index (χ4n) is 3.46. The molecule has 3 rings (SSSR count). The number of fused-ring (bicyclic) bond motifs is 1. The van der Waals surface area contributed by atoms with Crippen molar-refractivity contribution in [3.05, 3.63) is 22.0 Å². The quantitative estimate of drug-likeness (QED) is 0.878. The van der Waals surface area contributed by atoms with E-state index in [1.807, 2.05) is 20.8 Å². The van der Waals surface area contributed by atoms with Crippen LogP contribution in [0.25, 0.3) is 10.2 Å². The van der Waals surface area contributed by atoms with Gasteiger partial charge < -0.3 is 10.6 Å². The van der Waals surface area contributed by atoms with Crippen molar-refractivity contribution in [1.82, 2.24) is 20.6 Å². The molecule has 1 fully saturated rings. The van der Waals surface area contributed by atoms with Crippen LogP contribution in [0, 0.1) is 20.8 Å². The first-order valence-electron chi connectivity index (χ1n) is 8.77. The van der Waals surface area contributed by atoms with E-state index in [4.69, 9.17) is 0 Å². The number of carbonyl (C=O) groups excluding carboxylic acids is 2. The normalized spacial score (nSPS) is 15.3. The number of aromatic nitrogens is 2. The zero-order valence-electron chi connectivity index (χ0n) is 14.9. The van der Waals surface area contributed by atoms with Crippen LogP contribution in [0.15, 0.2) is 0 Å². The Kier molecular flexibility index (Phi) is 5.32. The van der Waals surface area contributed by atoms with Gasteiger partial charge in [0.15, 0.2) is 0 Å². The van der Waals surface area contributed by atoms with Crippen LogP contribution >= 0.6 is 11.3 Å².